The number of fused-ring (bicyclic) bond motifs is 1. The van der Waals surface area contributed by atoms with Crippen molar-refractivity contribution in [1.82, 2.24) is 25.4 Å². The van der Waals surface area contributed by atoms with Crippen LogP contribution in [0.3, 0.4) is 0 Å². The molecule has 3 aromatic rings. The van der Waals surface area contributed by atoms with Crippen molar-refractivity contribution in [1.29, 1.82) is 0 Å². The van der Waals surface area contributed by atoms with Gasteiger partial charge in [-0.1, -0.05) is 42.5 Å². The molecule has 1 aliphatic heterocycles. The summed E-state index contributed by atoms with van der Waals surface area (Å²) in [4.78, 5) is 76.6. The Morgan fingerprint density at radius 2 is 1.83 bits per heavy atom. The number of rotatable bonds is 16. The third kappa shape index (κ3) is 9.65. The highest BCUT2D eigenvalue weighted by Gasteiger charge is 2.75. The van der Waals surface area contributed by atoms with Gasteiger partial charge >= 0.3 is 12.1 Å². The van der Waals surface area contributed by atoms with Gasteiger partial charge in [-0.15, -0.1) is 6.58 Å². The zero-order valence-corrected chi connectivity index (χ0v) is 34.2. The Kier molecular flexibility index (Phi) is 13.3. The molecule has 58 heavy (non-hydrogen) atoms. The molecule has 1 saturated heterocycles. The van der Waals surface area contributed by atoms with Crippen molar-refractivity contribution in [2.75, 3.05) is 47.4 Å². The molecule has 1 aromatic heterocycles. The van der Waals surface area contributed by atoms with Gasteiger partial charge in [0.25, 0.3) is 0 Å². The first kappa shape index (κ1) is 43.3. The molecule has 2 fully saturated rings. The molecule has 15 heteroatoms. The van der Waals surface area contributed by atoms with Crippen LogP contribution >= 0.6 is 0 Å². The molecular weight excluding hydrogens is 745 g/mol. The second-order valence-electron chi connectivity index (χ2n) is 15.8. The number of nitrogens with zero attached hydrogens (tertiary/aromatic N) is 3. The van der Waals surface area contributed by atoms with E-state index in [0.29, 0.717) is 34.6 Å². The number of carbonyl (C=O) groups excluding carboxylic acids is 5. The molecular formula is C43H54N6O9. The largest absolute Gasteiger partial charge is 0.497 e. The Labute approximate surface area is 338 Å². The van der Waals surface area contributed by atoms with Gasteiger partial charge in [0.15, 0.2) is 5.78 Å². The van der Waals surface area contributed by atoms with Gasteiger partial charge in [0.2, 0.25) is 11.8 Å². The van der Waals surface area contributed by atoms with Gasteiger partial charge in [0.05, 0.1) is 42.9 Å². The number of benzene rings is 2. The van der Waals surface area contributed by atoms with E-state index in [4.69, 9.17) is 29.7 Å². The molecule has 5 rings (SSSR count). The van der Waals surface area contributed by atoms with Gasteiger partial charge in [-0.2, -0.15) is 0 Å². The van der Waals surface area contributed by atoms with Crippen LogP contribution in [0.2, 0.25) is 0 Å². The van der Waals surface area contributed by atoms with Crippen LogP contribution in [-0.4, -0.2) is 121 Å². The third-order valence-corrected chi connectivity index (χ3v) is 10.1. The van der Waals surface area contributed by atoms with Gasteiger partial charge in [-0.3, -0.25) is 19.2 Å². The monoisotopic (exact) mass is 798 g/mol. The normalized spacial score (nSPS) is 22.0. The van der Waals surface area contributed by atoms with Gasteiger partial charge in [0.1, 0.15) is 34.8 Å². The van der Waals surface area contributed by atoms with Crippen LogP contribution in [0.1, 0.15) is 40.5 Å². The van der Waals surface area contributed by atoms with Gasteiger partial charge in [0, 0.05) is 48.7 Å². The number of pyridine rings is 1. The fourth-order valence-corrected chi connectivity index (χ4v) is 7.06. The summed E-state index contributed by atoms with van der Waals surface area (Å²) >= 11 is 0. The standard InChI is InChI=1S/C43H54N6O9/c1-9-42(26-43(42,44)39(53)56-10-2)37(51)34-22-29(57-35-23-31(27-15-12-11-13-16-27)46-32-21-28(55-8)18-19-30(32)35)25-49(34)38(52)33(47-40(54)58-41(3,4)5)24-45-36(50)17-14-20-48(6)7/h9,11-19,21,23,29,33-34H,1,10,20,22,24-26,44H2,2-8H3,(H,45,50)(H,47,54)/t29-,33+,34+,42+,43+/m1/s1. The van der Waals surface area contributed by atoms with Gasteiger partial charge < -0.3 is 45.1 Å². The molecule has 2 heterocycles. The summed E-state index contributed by atoms with van der Waals surface area (Å²) in [6.07, 6.45) is 2.58. The molecule has 3 amide bonds. The first-order valence-corrected chi connectivity index (χ1v) is 19.2. The van der Waals surface area contributed by atoms with Crippen LogP contribution in [0.4, 0.5) is 4.79 Å². The number of nitrogens with one attached hydrogen (secondary N) is 2. The zero-order valence-electron chi connectivity index (χ0n) is 34.2. The van der Waals surface area contributed by atoms with Crippen molar-refractivity contribution in [2.45, 2.75) is 69.9 Å². The quantitative estimate of drug-likeness (QED) is 0.108. The smallest absolute Gasteiger partial charge is 0.408 e. The summed E-state index contributed by atoms with van der Waals surface area (Å²) in [5, 5.41) is 5.93. The summed E-state index contributed by atoms with van der Waals surface area (Å²) < 4.78 is 22.9. The zero-order chi connectivity index (χ0) is 42.4. The average molecular weight is 799 g/mol. The number of esters is 1. The highest BCUT2D eigenvalue weighted by molar-refractivity contribution is 6.06. The summed E-state index contributed by atoms with van der Waals surface area (Å²) in [6, 6.07) is 14.2. The van der Waals surface area contributed by atoms with Crippen molar-refractivity contribution in [2.24, 2.45) is 11.1 Å². The molecule has 5 atom stereocenters. The van der Waals surface area contributed by atoms with E-state index in [1.54, 1.807) is 59.1 Å². The lowest BCUT2D eigenvalue weighted by molar-refractivity contribution is -0.148. The summed E-state index contributed by atoms with van der Waals surface area (Å²) in [5.41, 5.74) is 4.46. The van der Waals surface area contributed by atoms with Crippen molar-refractivity contribution in [3.8, 4) is 22.8 Å². The van der Waals surface area contributed by atoms with Gasteiger partial charge in [-0.25, -0.2) is 9.78 Å². The average Bonchev–Trinajstić information content (AvgIpc) is 3.62. The maximum absolute atomic E-state index is 14.8. The predicted octanol–water partition coefficient (Wildman–Crippen LogP) is 3.79. The Morgan fingerprint density at radius 1 is 1.10 bits per heavy atom. The van der Waals surface area contributed by atoms with E-state index in [9.17, 15) is 24.0 Å². The summed E-state index contributed by atoms with van der Waals surface area (Å²) in [5.74, 6) is -1.44. The van der Waals surface area contributed by atoms with E-state index in [-0.39, 0.29) is 32.5 Å². The fraction of sp³-hybridized carbons (Fsp3) is 0.442. The van der Waals surface area contributed by atoms with E-state index in [1.165, 1.54) is 17.1 Å². The number of ketones is 1. The van der Waals surface area contributed by atoms with E-state index < -0.39 is 64.4 Å². The second kappa shape index (κ2) is 17.8. The van der Waals surface area contributed by atoms with E-state index >= 15 is 0 Å². The number of methoxy groups -OCH3 is 1. The minimum atomic E-state index is -1.69. The number of nitrogens with two attached hydrogens (primary N) is 1. The van der Waals surface area contributed by atoms with Crippen molar-refractivity contribution in [3.63, 3.8) is 0 Å². The molecule has 0 spiro atoms. The Hall–Kier alpha value is -5.80. The molecule has 2 aliphatic rings. The number of hydrogen-bond donors (Lipinski definition) is 3. The van der Waals surface area contributed by atoms with Crippen LogP contribution in [0.5, 0.6) is 11.5 Å². The van der Waals surface area contributed by atoms with Crippen LogP contribution < -0.4 is 25.8 Å². The fourth-order valence-electron chi connectivity index (χ4n) is 7.06. The van der Waals surface area contributed by atoms with Crippen molar-refractivity contribution >= 4 is 40.6 Å². The third-order valence-electron chi connectivity index (χ3n) is 10.1. The maximum atomic E-state index is 14.8. The topological polar surface area (TPSA) is 192 Å². The minimum absolute atomic E-state index is 0.00149. The number of likely N-dealkylation sites (N-methyl/N-ethyl adjacent to an activating group) is 1. The van der Waals surface area contributed by atoms with E-state index in [2.05, 4.69) is 17.2 Å². The number of Topliss-reactive ketones (excluding diaryl/α,β-unsaturated/α-hetero) is 1. The predicted molar refractivity (Wildman–Crippen MR) is 218 cm³/mol. The molecule has 1 saturated carbocycles. The molecule has 0 unspecified atom stereocenters. The minimum Gasteiger partial charge on any atom is -0.497 e. The first-order valence-electron chi connectivity index (χ1n) is 19.2. The molecule has 0 bridgehead atoms. The second-order valence-corrected chi connectivity index (χ2v) is 15.8. The van der Waals surface area contributed by atoms with Crippen LogP contribution in [0, 0.1) is 5.41 Å². The Balaban J connectivity index is 1.53. The number of amides is 3. The van der Waals surface area contributed by atoms with Crippen molar-refractivity contribution < 1.29 is 42.9 Å². The first-order chi connectivity index (χ1) is 27.4. The highest BCUT2D eigenvalue weighted by atomic mass is 16.6. The molecule has 1 aliphatic carbocycles. The molecule has 0 radical (unpaired) electrons. The Bertz CT molecular complexity index is 2070. The lowest BCUT2D eigenvalue weighted by Gasteiger charge is -2.31. The molecule has 2 aromatic carbocycles. The number of alkyl carbamates (subject to hydrolysis) is 1. The van der Waals surface area contributed by atoms with E-state index in [1.807, 2.05) is 55.4 Å². The molecule has 310 valence electrons. The number of hydrogen-bond acceptors (Lipinski definition) is 12. The number of ether oxygens (including phenoxy) is 4. The maximum Gasteiger partial charge on any atom is 0.408 e. The lowest BCUT2D eigenvalue weighted by Crippen LogP contribution is -2.57. The lowest BCUT2D eigenvalue weighted by atomic mass is 9.88. The number of carbonyl (C=O) groups is 5. The van der Waals surface area contributed by atoms with Crippen LogP contribution in [0.15, 0.2) is 79.4 Å². The van der Waals surface area contributed by atoms with Crippen LogP contribution in [0.25, 0.3) is 22.2 Å². The van der Waals surface area contributed by atoms with Gasteiger partial charge in [-0.05, 0) is 60.3 Å². The number of likely N-dealkylation sites (tertiary alicyclic amines) is 1. The number of aromatic nitrogens is 1. The van der Waals surface area contributed by atoms with E-state index in [0.717, 1.165) is 5.56 Å². The summed E-state index contributed by atoms with van der Waals surface area (Å²) in [6.45, 7) is 10.6. The highest BCUT2D eigenvalue weighted by Crippen LogP contribution is 2.58. The molecule has 4 N–H and O–H groups in total. The van der Waals surface area contributed by atoms with Crippen LogP contribution in [-0.2, 0) is 28.7 Å². The molecule has 15 nitrogen and oxygen atoms in total. The summed E-state index contributed by atoms with van der Waals surface area (Å²) in [7, 11) is 5.26. The van der Waals surface area contributed by atoms with Crippen molar-refractivity contribution in [3.05, 3.63) is 79.4 Å². The SMILES string of the molecule is C=C[C@@]1(C(=O)[C@@H]2C[C@@H](Oc3cc(-c4ccccc4)nc4cc(OC)ccc34)CN2C(=O)[C@H](CNC(=O)C=CCN(C)C)NC(=O)OC(C)(C)C)C[C@]1(N)C(=O)OCC. The Morgan fingerprint density at radius 3 is 2.47 bits per heavy atom.